The van der Waals surface area contributed by atoms with Gasteiger partial charge in [-0.25, -0.2) is 0 Å². The lowest BCUT2D eigenvalue weighted by molar-refractivity contribution is 0.0950. The van der Waals surface area contributed by atoms with Gasteiger partial charge in [0.15, 0.2) is 0 Å². The van der Waals surface area contributed by atoms with Crippen molar-refractivity contribution in [3.63, 3.8) is 0 Å². The Morgan fingerprint density at radius 3 is 2.29 bits per heavy atom. The van der Waals surface area contributed by atoms with Crippen LogP contribution in [-0.4, -0.2) is 25.1 Å². The zero-order chi connectivity index (χ0) is 17.4. The van der Waals surface area contributed by atoms with Crippen molar-refractivity contribution in [2.24, 2.45) is 5.92 Å². The highest BCUT2D eigenvalue weighted by atomic mass is 16.5. The predicted octanol–water partition coefficient (Wildman–Crippen LogP) is 3.95. The zero-order valence-corrected chi connectivity index (χ0v) is 14.6. The second-order valence-corrected chi connectivity index (χ2v) is 6.03. The number of benzene rings is 2. The summed E-state index contributed by atoms with van der Waals surface area (Å²) < 4.78 is 5.39. The molecule has 0 aliphatic carbocycles. The molecular formula is C20H26N2O2. The van der Waals surface area contributed by atoms with Gasteiger partial charge < -0.3 is 15.4 Å². The van der Waals surface area contributed by atoms with Gasteiger partial charge in [-0.1, -0.05) is 32.0 Å². The Bertz CT molecular complexity index is 624. The molecule has 2 N–H and O–H groups in total. The molecule has 128 valence electrons. The third-order valence-electron chi connectivity index (χ3n) is 3.84. The average Bonchev–Trinajstić information content (AvgIpc) is 2.60. The van der Waals surface area contributed by atoms with Gasteiger partial charge in [-0.15, -0.1) is 0 Å². The SMILES string of the molecule is CCOc1ccc(C(=O)NCC(Nc2ccccc2)C(C)C)cc1. The normalized spacial score (nSPS) is 11.8. The van der Waals surface area contributed by atoms with E-state index >= 15 is 0 Å². The van der Waals surface area contributed by atoms with Crippen molar-refractivity contribution < 1.29 is 9.53 Å². The molecule has 0 aromatic heterocycles. The molecule has 0 saturated carbocycles. The van der Waals surface area contributed by atoms with Crippen molar-refractivity contribution in [3.8, 4) is 5.75 Å². The molecule has 0 fully saturated rings. The third kappa shape index (κ3) is 5.30. The molecule has 0 saturated heterocycles. The Hall–Kier alpha value is -2.49. The van der Waals surface area contributed by atoms with Gasteiger partial charge in [0.05, 0.1) is 6.61 Å². The monoisotopic (exact) mass is 326 g/mol. The molecule has 0 aliphatic rings. The molecule has 0 radical (unpaired) electrons. The van der Waals surface area contributed by atoms with Crippen LogP contribution < -0.4 is 15.4 Å². The first kappa shape index (κ1) is 17.9. The Labute approximate surface area is 144 Å². The number of anilines is 1. The van der Waals surface area contributed by atoms with E-state index in [2.05, 4.69) is 24.5 Å². The first-order valence-corrected chi connectivity index (χ1v) is 8.42. The number of carbonyl (C=O) groups is 1. The molecule has 0 bridgehead atoms. The molecule has 0 heterocycles. The number of hydrogen-bond donors (Lipinski definition) is 2. The van der Waals surface area contributed by atoms with Gasteiger partial charge in [-0.05, 0) is 49.2 Å². The number of amides is 1. The van der Waals surface area contributed by atoms with Crippen LogP contribution in [0.1, 0.15) is 31.1 Å². The summed E-state index contributed by atoms with van der Waals surface area (Å²) >= 11 is 0. The Morgan fingerprint density at radius 1 is 1.04 bits per heavy atom. The van der Waals surface area contributed by atoms with Crippen LogP contribution in [0, 0.1) is 5.92 Å². The van der Waals surface area contributed by atoms with Crippen molar-refractivity contribution in [3.05, 3.63) is 60.2 Å². The Morgan fingerprint density at radius 2 is 1.71 bits per heavy atom. The van der Waals surface area contributed by atoms with Crippen molar-refractivity contribution in [1.82, 2.24) is 5.32 Å². The largest absolute Gasteiger partial charge is 0.494 e. The van der Waals surface area contributed by atoms with E-state index in [9.17, 15) is 4.79 Å². The maximum atomic E-state index is 12.3. The summed E-state index contributed by atoms with van der Waals surface area (Å²) in [7, 11) is 0. The van der Waals surface area contributed by atoms with Crippen LogP contribution >= 0.6 is 0 Å². The standard InChI is InChI=1S/C20H26N2O2/c1-4-24-18-12-10-16(11-13-18)20(23)21-14-19(15(2)3)22-17-8-6-5-7-9-17/h5-13,15,19,22H,4,14H2,1-3H3,(H,21,23). The van der Waals surface area contributed by atoms with Crippen LogP contribution in [0.25, 0.3) is 0 Å². The lowest BCUT2D eigenvalue weighted by Crippen LogP contribution is -2.39. The fourth-order valence-corrected chi connectivity index (χ4v) is 2.38. The summed E-state index contributed by atoms with van der Waals surface area (Å²) in [6.45, 7) is 7.41. The first-order chi connectivity index (χ1) is 11.6. The number of para-hydroxylation sites is 1. The van der Waals surface area contributed by atoms with E-state index in [0.717, 1.165) is 11.4 Å². The lowest BCUT2D eigenvalue weighted by atomic mass is 10.0. The highest BCUT2D eigenvalue weighted by molar-refractivity contribution is 5.94. The number of nitrogens with one attached hydrogen (secondary N) is 2. The van der Waals surface area contributed by atoms with E-state index in [4.69, 9.17) is 4.74 Å². The van der Waals surface area contributed by atoms with E-state index < -0.39 is 0 Å². The second-order valence-electron chi connectivity index (χ2n) is 6.03. The van der Waals surface area contributed by atoms with Crippen LogP contribution in [0.5, 0.6) is 5.75 Å². The molecule has 1 unspecified atom stereocenters. The smallest absolute Gasteiger partial charge is 0.251 e. The molecule has 4 nitrogen and oxygen atoms in total. The molecule has 1 atom stereocenters. The van der Waals surface area contributed by atoms with E-state index in [-0.39, 0.29) is 11.9 Å². The predicted molar refractivity (Wildman–Crippen MR) is 98.6 cm³/mol. The van der Waals surface area contributed by atoms with Gasteiger partial charge in [-0.3, -0.25) is 4.79 Å². The summed E-state index contributed by atoms with van der Waals surface area (Å²) in [6, 6.07) is 17.4. The molecule has 0 spiro atoms. The number of hydrogen-bond acceptors (Lipinski definition) is 3. The molecule has 4 heteroatoms. The van der Waals surface area contributed by atoms with Gasteiger partial charge in [0, 0.05) is 23.8 Å². The molecular weight excluding hydrogens is 300 g/mol. The van der Waals surface area contributed by atoms with Crippen molar-refractivity contribution >= 4 is 11.6 Å². The fourth-order valence-electron chi connectivity index (χ4n) is 2.38. The first-order valence-electron chi connectivity index (χ1n) is 8.42. The summed E-state index contributed by atoms with van der Waals surface area (Å²) in [6.07, 6.45) is 0. The number of ether oxygens (including phenoxy) is 1. The van der Waals surface area contributed by atoms with Gasteiger partial charge in [0.1, 0.15) is 5.75 Å². The molecule has 24 heavy (non-hydrogen) atoms. The van der Waals surface area contributed by atoms with E-state index in [1.54, 1.807) is 12.1 Å². The van der Waals surface area contributed by atoms with Crippen molar-refractivity contribution in [1.29, 1.82) is 0 Å². The van der Waals surface area contributed by atoms with E-state index in [0.29, 0.717) is 24.6 Å². The molecule has 1 amide bonds. The Balaban J connectivity index is 1.92. The van der Waals surface area contributed by atoms with Gasteiger partial charge in [0.25, 0.3) is 5.91 Å². The maximum Gasteiger partial charge on any atom is 0.251 e. The minimum Gasteiger partial charge on any atom is -0.494 e. The second kappa shape index (κ2) is 8.96. The average molecular weight is 326 g/mol. The summed E-state index contributed by atoms with van der Waals surface area (Å²) in [4.78, 5) is 12.3. The van der Waals surface area contributed by atoms with Gasteiger partial charge in [-0.2, -0.15) is 0 Å². The summed E-state index contributed by atoms with van der Waals surface area (Å²) in [5, 5.41) is 6.49. The van der Waals surface area contributed by atoms with E-state index in [1.807, 2.05) is 49.4 Å². The Kier molecular flexibility index (Phi) is 6.67. The van der Waals surface area contributed by atoms with Crippen molar-refractivity contribution in [2.75, 3.05) is 18.5 Å². The summed E-state index contributed by atoms with van der Waals surface area (Å²) in [5.74, 6) is 1.10. The van der Waals surface area contributed by atoms with Gasteiger partial charge >= 0.3 is 0 Å². The minimum atomic E-state index is -0.0708. The van der Waals surface area contributed by atoms with Crippen LogP contribution in [0.4, 0.5) is 5.69 Å². The highest BCUT2D eigenvalue weighted by Gasteiger charge is 2.15. The van der Waals surface area contributed by atoms with E-state index in [1.165, 1.54) is 0 Å². The minimum absolute atomic E-state index is 0.0708. The highest BCUT2D eigenvalue weighted by Crippen LogP contribution is 2.14. The third-order valence-corrected chi connectivity index (χ3v) is 3.84. The molecule has 2 aromatic rings. The van der Waals surface area contributed by atoms with Gasteiger partial charge in [0.2, 0.25) is 0 Å². The van der Waals surface area contributed by atoms with Crippen LogP contribution in [0.15, 0.2) is 54.6 Å². The van der Waals surface area contributed by atoms with Crippen LogP contribution in [-0.2, 0) is 0 Å². The molecule has 2 aromatic carbocycles. The number of carbonyl (C=O) groups excluding carboxylic acids is 1. The van der Waals surface area contributed by atoms with Crippen molar-refractivity contribution in [2.45, 2.75) is 26.8 Å². The summed E-state index contributed by atoms with van der Waals surface area (Å²) in [5.41, 5.74) is 1.70. The topological polar surface area (TPSA) is 50.4 Å². The zero-order valence-electron chi connectivity index (χ0n) is 14.6. The van der Waals surface area contributed by atoms with Crippen LogP contribution in [0.2, 0.25) is 0 Å². The molecule has 0 aliphatic heterocycles. The fraction of sp³-hybridized carbons (Fsp3) is 0.350. The maximum absolute atomic E-state index is 12.3. The quantitative estimate of drug-likeness (QED) is 0.772. The lowest BCUT2D eigenvalue weighted by Gasteiger charge is -2.24. The molecule has 2 rings (SSSR count). The number of rotatable bonds is 8. The van der Waals surface area contributed by atoms with Crippen LogP contribution in [0.3, 0.4) is 0 Å².